The Labute approximate surface area is 338 Å². The minimum atomic E-state index is -4.56. The Morgan fingerprint density at radius 3 is 2.19 bits per heavy atom. The van der Waals surface area contributed by atoms with Gasteiger partial charge in [0.1, 0.15) is 12.1 Å². The number of ether oxygens (including phenoxy) is 1. The van der Waals surface area contributed by atoms with E-state index in [9.17, 15) is 37.5 Å². The van der Waals surface area contributed by atoms with Gasteiger partial charge in [-0.15, -0.1) is 0 Å². The van der Waals surface area contributed by atoms with E-state index in [1.54, 1.807) is 30.6 Å². The third kappa shape index (κ3) is 12.6. The highest BCUT2D eigenvalue weighted by atomic mass is 19.4. The van der Waals surface area contributed by atoms with Crippen molar-refractivity contribution in [2.45, 2.75) is 97.9 Å². The van der Waals surface area contributed by atoms with Gasteiger partial charge in [0.2, 0.25) is 5.91 Å². The maximum absolute atomic E-state index is 14.4. The van der Waals surface area contributed by atoms with Crippen LogP contribution in [0.25, 0.3) is 0 Å². The molecule has 1 aromatic heterocycles. The molecule has 0 spiro atoms. The predicted molar refractivity (Wildman–Crippen MR) is 212 cm³/mol. The standard InChI is InChI=1S/C42H56F3N7O6/c1-8-27(2)35(52-22-21-50(40(52)57)25-32-16-12-13-28(3)46-32)37(54)47-33(23-29-14-10-9-11-15-29)34(53)26-51(24-30-17-19-31(20-18-30)42(43,44)45)49-38(55)36(41(4,5)6)48-39(56)58-7/h9-20,27,33-36,53H,8,21-26H2,1-7H3,(H,47,54)(H,48,56)(H,49,55). The average Bonchev–Trinajstić information content (AvgIpc) is 3.51. The molecule has 0 bridgehead atoms. The van der Waals surface area contributed by atoms with Gasteiger partial charge in [-0.3, -0.25) is 20.0 Å². The molecule has 0 saturated carbocycles. The van der Waals surface area contributed by atoms with Crippen LogP contribution >= 0.6 is 0 Å². The van der Waals surface area contributed by atoms with Gasteiger partial charge in [-0.05, 0) is 60.1 Å². The average molecular weight is 812 g/mol. The summed E-state index contributed by atoms with van der Waals surface area (Å²) in [5, 5.41) is 18.9. The van der Waals surface area contributed by atoms with Crippen molar-refractivity contribution in [3.63, 3.8) is 0 Å². The Hall–Kier alpha value is -5.22. The Kier molecular flexibility index (Phi) is 15.7. The zero-order chi connectivity index (χ0) is 42.8. The van der Waals surface area contributed by atoms with Crippen molar-refractivity contribution >= 4 is 23.9 Å². The van der Waals surface area contributed by atoms with Crippen LogP contribution in [0.1, 0.15) is 69.1 Å². The molecule has 4 N–H and O–H groups in total. The maximum atomic E-state index is 14.4. The first-order valence-corrected chi connectivity index (χ1v) is 19.4. The largest absolute Gasteiger partial charge is 0.453 e. The third-order valence-corrected chi connectivity index (χ3v) is 10.2. The molecule has 1 aliphatic rings. The monoisotopic (exact) mass is 811 g/mol. The van der Waals surface area contributed by atoms with E-state index in [1.807, 2.05) is 69.3 Å². The van der Waals surface area contributed by atoms with Crippen LogP contribution in [-0.4, -0.2) is 99.8 Å². The molecular formula is C42H56F3N7O6. The van der Waals surface area contributed by atoms with Crippen LogP contribution in [0, 0.1) is 18.3 Å². The normalized spacial score (nSPS) is 16.0. The summed E-state index contributed by atoms with van der Waals surface area (Å²) in [7, 11) is 1.16. The van der Waals surface area contributed by atoms with Crippen LogP contribution in [0.15, 0.2) is 72.8 Å². The SMILES string of the molecule is CCC(C)C(C(=O)NC(Cc1ccccc1)C(O)CN(Cc1ccc(C(F)(F)F)cc1)NC(=O)C(NC(=O)OC)C(C)(C)C)N1CCN(Cc2cccc(C)n2)C1=O. The van der Waals surface area contributed by atoms with Gasteiger partial charge in [-0.25, -0.2) is 14.6 Å². The molecule has 4 rings (SSSR count). The van der Waals surface area contributed by atoms with Gasteiger partial charge in [0.05, 0.1) is 37.1 Å². The third-order valence-electron chi connectivity index (χ3n) is 10.2. The van der Waals surface area contributed by atoms with Gasteiger partial charge in [0.15, 0.2) is 0 Å². The number of nitrogens with one attached hydrogen (secondary N) is 3. The summed E-state index contributed by atoms with van der Waals surface area (Å²) in [4.78, 5) is 62.0. The number of hydrogen-bond acceptors (Lipinski definition) is 8. The number of methoxy groups -OCH3 is 1. The van der Waals surface area contributed by atoms with Crippen molar-refractivity contribution in [2.24, 2.45) is 11.3 Å². The molecule has 0 radical (unpaired) electrons. The molecule has 13 nitrogen and oxygen atoms in total. The molecule has 2 aromatic carbocycles. The fourth-order valence-electron chi connectivity index (χ4n) is 6.83. The number of carbonyl (C=O) groups is 4. The van der Waals surface area contributed by atoms with Crippen molar-refractivity contribution in [1.82, 2.24) is 35.9 Å². The molecule has 5 unspecified atom stereocenters. The predicted octanol–water partition coefficient (Wildman–Crippen LogP) is 5.45. The summed E-state index contributed by atoms with van der Waals surface area (Å²) >= 11 is 0. The lowest BCUT2D eigenvalue weighted by molar-refractivity contribution is -0.137. The summed E-state index contributed by atoms with van der Waals surface area (Å²) in [6.07, 6.45) is -6.03. The van der Waals surface area contributed by atoms with Crippen LogP contribution < -0.4 is 16.1 Å². The second kappa shape index (κ2) is 20.0. The van der Waals surface area contributed by atoms with Crippen molar-refractivity contribution in [3.05, 3.63) is 101 Å². The fraction of sp³-hybridized carbons (Fsp3) is 0.500. The van der Waals surface area contributed by atoms with Gasteiger partial charge < -0.3 is 30.3 Å². The van der Waals surface area contributed by atoms with Crippen molar-refractivity contribution in [1.29, 1.82) is 0 Å². The van der Waals surface area contributed by atoms with Gasteiger partial charge in [0, 0.05) is 31.9 Å². The molecule has 1 aliphatic heterocycles. The van der Waals surface area contributed by atoms with Crippen LogP contribution in [0.3, 0.4) is 0 Å². The molecule has 16 heteroatoms. The van der Waals surface area contributed by atoms with Crippen molar-refractivity contribution in [3.8, 4) is 0 Å². The van der Waals surface area contributed by atoms with E-state index in [4.69, 9.17) is 4.74 Å². The number of urea groups is 1. The number of carbonyl (C=O) groups excluding carboxylic acids is 4. The number of hydrazine groups is 1. The van der Waals surface area contributed by atoms with Crippen LogP contribution in [0.4, 0.5) is 22.8 Å². The lowest BCUT2D eigenvalue weighted by atomic mass is 9.86. The number of nitrogens with zero attached hydrogens (tertiary/aromatic N) is 4. The number of halogens is 3. The number of pyridine rings is 1. The van der Waals surface area contributed by atoms with Gasteiger partial charge in [0.25, 0.3) is 5.91 Å². The zero-order valence-corrected chi connectivity index (χ0v) is 34.2. The number of hydrogen-bond donors (Lipinski definition) is 4. The van der Waals surface area contributed by atoms with Gasteiger partial charge >= 0.3 is 18.3 Å². The topological polar surface area (TPSA) is 156 Å². The second-order valence-electron chi connectivity index (χ2n) is 15.9. The van der Waals surface area contributed by atoms with Gasteiger partial charge in [-0.2, -0.15) is 13.2 Å². The number of alkyl halides is 3. The van der Waals surface area contributed by atoms with Crippen molar-refractivity contribution in [2.75, 3.05) is 26.7 Å². The molecule has 1 saturated heterocycles. The first-order valence-electron chi connectivity index (χ1n) is 19.4. The Morgan fingerprint density at radius 2 is 1.60 bits per heavy atom. The Balaban J connectivity index is 1.63. The zero-order valence-electron chi connectivity index (χ0n) is 34.2. The minimum Gasteiger partial charge on any atom is -0.453 e. The number of aryl methyl sites for hydroxylation is 1. The fourth-order valence-corrected chi connectivity index (χ4v) is 6.83. The molecular weight excluding hydrogens is 755 g/mol. The molecule has 5 atom stereocenters. The molecule has 0 aliphatic carbocycles. The van der Waals surface area contributed by atoms with Crippen LogP contribution in [0.2, 0.25) is 0 Å². The van der Waals surface area contributed by atoms with Gasteiger partial charge in [-0.1, -0.05) is 89.6 Å². The molecule has 58 heavy (non-hydrogen) atoms. The summed E-state index contributed by atoms with van der Waals surface area (Å²) in [6, 6.07) is 15.9. The highest BCUT2D eigenvalue weighted by Crippen LogP contribution is 2.29. The van der Waals surface area contributed by atoms with E-state index in [2.05, 4.69) is 21.0 Å². The number of benzene rings is 2. The number of aliphatic hydroxyl groups excluding tert-OH is 1. The smallest absolute Gasteiger partial charge is 0.416 e. The maximum Gasteiger partial charge on any atom is 0.416 e. The van der Waals surface area contributed by atoms with Crippen LogP contribution in [-0.2, 0) is 40.0 Å². The number of amides is 5. The molecule has 1 fully saturated rings. The summed E-state index contributed by atoms with van der Waals surface area (Å²) < 4.78 is 44.9. The lowest BCUT2D eigenvalue weighted by Gasteiger charge is -2.36. The lowest BCUT2D eigenvalue weighted by Crippen LogP contribution is -2.60. The number of aliphatic hydroxyl groups is 1. The minimum absolute atomic E-state index is 0.147. The summed E-state index contributed by atoms with van der Waals surface area (Å²) in [6.45, 7) is 11.4. The molecule has 2 heterocycles. The first kappa shape index (κ1) is 45.5. The molecule has 316 valence electrons. The van der Waals surface area contributed by atoms with E-state index in [0.29, 0.717) is 25.1 Å². The number of alkyl carbamates (subject to hydrolysis) is 1. The van der Waals surface area contributed by atoms with Crippen molar-refractivity contribution < 1.29 is 42.2 Å². The summed E-state index contributed by atoms with van der Waals surface area (Å²) in [5.41, 5.74) is 3.80. The quantitative estimate of drug-likeness (QED) is 0.131. The Bertz CT molecular complexity index is 1840. The molecule has 5 amide bonds. The highest BCUT2D eigenvalue weighted by Gasteiger charge is 2.41. The number of aromatic nitrogens is 1. The van der Waals surface area contributed by atoms with E-state index >= 15 is 0 Å². The van der Waals surface area contributed by atoms with E-state index < -0.39 is 59.3 Å². The summed E-state index contributed by atoms with van der Waals surface area (Å²) in [5.74, 6) is -1.40. The van der Waals surface area contributed by atoms with E-state index in [-0.39, 0.29) is 38.0 Å². The highest BCUT2D eigenvalue weighted by molar-refractivity contribution is 5.88. The second-order valence-corrected chi connectivity index (χ2v) is 15.9. The van der Waals surface area contributed by atoms with Crippen LogP contribution in [0.5, 0.6) is 0 Å². The molecule has 3 aromatic rings. The van der Waals surface area contributed by atoms with E-state index in [1.165, 1.54) is 17.1 Å². The number of rotatable bonds is 17. The van der Waals surface area contributed by atoms with E-state index in [0.717, 1.165) is 36.2 Å². The first-order chi connectivity index (χ1) is 27.3. The Morgan fingerprint density at radius 1 is 0.931 bits per heavy atom.